The Morgan fingerprint density at radius 3 is 2.48 bits per heavy atom. The van der Waals surface area contributed by atoms with Crippen molar-refractivity contribution >= 4 is 11.8 Å². The molecular weight excluding hydrogens is 316 g/mol. The van der Waals surface area contributed by atoms with E-state index in [2.05, 4.69) is 22.0 Å². The molecule has 1 aliphatic rings. The minimum atomic E-state index is -0.606. The van der Waals surface area contributed by atoms with Gasteiger partial charge in [-0.1, -0.05) is 30.3 Å². The molecule has 2 heterocycles. The molecule has 2 N–H and O–H groups in total. The summed E-state index contributed by atoms with van der Waals surface area (Å²) >= 11 is 0. The highest BCUT2D eigenvalue weighted by atomic mass is 16.2. The van der Waals surface area contributed by atoms with Crippen LogP contribution in [0.2, 0.25) is 0 Å². The number of hydrogen-bond acceptors (Lipinski definition) is 4. The third-order valence-corrected chi connectivity index (χ3v) is 4.54. The van der Waals surface area contributed by atoms with Gasteiger partial charge in [-0.15, -0.1) is 0 Å². The number of amides is 2. The number of primary amides is 1. The Hall–Kier alpha value is -2.73. The van der Waals surface area contributed by atoms with Crippen LogP contribution >= 0.6 is 0 Å². The van der Waals surface area contributed by atoms with Gasteiger partial charge in [0.2, 0.25) is 5.91 Å². The molecule has 130 valence electrons. The smallest absolute Gasteiger partial charge is 0.254 e. The number of aromatic nitrogens is 1. The van der Waals surface area contributed by atoms with Crippen LogP contribution in [0.15, 0.2) is 54.9 Å². The second-order valence-corrected chi connectivity index (χ2v) is 6.19. The van der Waals surface area contributed by atoms with Crippen molar-refractivity contribution in [2.45, 2.75) is 12.5 Å². The quantitative estimate of drug-likeness (QED) is 0.880. The third kappa shape index (κ3) is 4.22. The van der Waals surface area contributed by atoms with E-state index in [1.165, 1.54) is 5.56 Å². The largest absolute Gasteiger partial charge is 0.368 e. The molecule has 6 nitrogen and oxygen atoms in total. The lowest BCUT2D eigenvalue weighted by Crippen LogP contribution is -2.60. The van der Waals surface area contributed by atoms with E-state index in [-0.39, 0.29) is 5.91 Å². The summed E-state index contributed by atoms with van der Waals surface area (Å²) in [7, 11) is 0. The minimum Gasteiger partial charge on any atom is -0.368 e. The maximum Gasteiger partial charge on any atom is 0.254 e. The zero-order valence-electron chi connectivity index (χ0n) is 14.0. The third-order valence-electron chi connectivity index (χ3n) is 4.54. The number of carbonyl (C=O) groups is 2. The minimum absolute atomic E-state index is 0.172. The summed E-state index contributed by atoms with van der Waals surface area (Å²) in [5.41, 5.74) is 7.36. The van der Waals surface area contributed by atoms with E-state index in [4.69, 9.17) is 5.73 Å². The highest BCUT2D eigenvalue weighted by Crippen LogP contribution is 2.15. The number of benzene rings is 1. The Bertz CT molecular complexity index is 721. The molecule has 1 fully saturated rings. The first-order valence-electron chi connectivity index (χ1n) is 8.42. The van der Waals surface area contributed by atoms with Crippen LogP contribution in [0.25, 0.3) is 0 Å². The number of nitrogens with two attached hydrogens (primary N) is 1. The highest BCUT2D eigenvalue weighted by Gasteiger charge is 2.34. The number of pyridine rings is 1. The number of piperazine rings is 1. The molecule has 0 spiro atoms. The first-order chi connectivity index (χ1) is 12.1. The maximum absolute atomic E-state index is 12.7. The van der Waals surface area contributed by atoms with Crippen LogP contribution in [0.1, 0.15) is 15.9 Å². The zero-order chi connectivity index (χ0) is 17.6. The molecule has 0 radical (unpaired) electrons. The topological polar surface area (TPSA) is 79.5 Å². The normalized spacial score (nSPS) is 18.1. The van der Waals surface area contributed by atoms with Crippen molar-refractivity contribution in [3.8, 4) is 0 Å². The summed E-state index contributed by atoms with van der Waals surface area (Å²) in [6.07, 6.45) is 4.05. The monoisotopic (exact) mass is 338 g/mol. The van der Waals surface area contributed by atoms with E-state index in [9.17, 15) is 9.59 Å². The van der Waals surface area contributed by atoms with Crippen LogP contribution in [-0.2, 0) is 11.2 Å². The molecule has 0 saturated carbocycles. The first-order valence-corrected chi connectivity index (χ1v) is 8.42. The van der Waals surface area contributed by atoms with Crippen LogP contribution < -0.4 is 5.73 Å². The lowest BCUT2D eigenvalue weighted by atomic mass is 10.1. The van der Waals surface area contributed by atoms with Gasteiger partial charge in [-0.2, -0.15) is 0 Å². The van der Waals surface area contributed by atoms with E-state index >= 15 is 0 Å². The number of rotatable bonds is 5. The summed E-state index contributed by atoms with van der Waals surface area (Å²) in [5, 5.41) is 0. The van der Waals surface area contributed by atoms with E-state index < -0.39 is 11.9 Å². The second kappa shape index (κ2) is 7.90. The van der Waals surface area contributed by atoms with E-state index in [0.717, 1.165) is 19.5 Å². The van der Waals surface area contributed by atoms with Crippen molar-refractivity contribution in [3.63, 3.8) is 0 Å². The van der Waals surface area contributed by atoms with E-state index in [0.29, 0.717) is 18.7 Å². The summed E-state index contributed by atoms with van der Waals surface area (Å²) in [4.78, 5) is 32.3. The van der Waals surface area contributed by atoms with Gasteiger partial charge in [0.1, 0.15) is 6.04 Å². The first kappa shape index (κ1) is 17.1. The SMILES string of the molecule is NC(=O)[C@H]1CN(CCc2ccccc2)CCN1C(=O)c1ccncc1. The molecule has 1 atom stereocenters. The predicted octanol–water partition coefficient (Wildman–Crippen LogP) is 0.936. The van der Waals surface area contributed by atoms with Crippen molar-refractivity contribution < 1.29 is 9.59 Å². The van der Waals surface area contributed by atoms with Crippen molar-refractivity contribution in [3.05, 3.63) is 66.0 Å². The molecule has 1 aromatic heterocycles. The summed E-state index contributed by atoms with van der Waals surface area (Å²) in [6, 6.07) is 12.9. The van der Waals surface area contributed by atoms with Crippen molar-refractivity contribution in [2.75, 3.05) is 26.2 Å². The van der Waals surface area contributed by atoms with Crippen LogP contribution in [-0.4, -0.2) is 58.8 Å². The Kier molecular flexibility index (Phi) is 5.40. The molecule has 3 rings (SSSR count). The fraction of sp³-hybridized carbons (Fsp3) is 0.316. The van der Waals surface area contributed by atoms with Crippen LogP contribution in [0.3, 0.4) is 0 Å². The number of carbonyl (C=O) groups excluding carboxylic acids is 2. The van der Waals surface area contributed by atoms with Gasteiger partial charge in [-0.05, 0) is 24.1 Å². The molecule has 0 aliphatic carbocycles. The molecule has 25 heavy (non-hydrogen) atoms. The zero-order valence-corrected chi connectivity index (χ0v) is 14.0. The fourth-order valence-corrected chi connectivity index (χ4v) is 3.12. The van der Waals surface area contributed by atoms with Gasteiger partial charge in [0.25, 0.3) is 5.91 Å². The average molecular weight is 338 g/mol. The Labute approximate surface area is 147 Å². The molecule has 1 aliphatic heterocycles. The van der Waals surface area contributed by atoms with Gasteiger partial charge in [0.15, 0.2) is 0 Å². The molecular formula is C19H22N4O2. The molecule has 2 amide bonds. The van der Waals surface area contributed by atoms with Gasteiger partial charge in [-0.25, -0.2) is 0 Å². The molecule has 6 heteroatoms. The standard InChI is InChI=1S/C19H22N4O2/c20-18(24)17-14-22(11-8-15-4-2-1-3-5-15)12-13-23(17)19(25)16-6-9-21-10-7-16/h1-7,9-10,17H,8,11-14H2,(H2,20,24)/t17-/m1/s1. The van der Waals surface area contributed by atoms with Crippen LogP contribution in [0.5, 0.6) is 0 Å². The molecule has 1 aromatic carbocycles. The lowest BCUT2D eigenvalue weighted by Gasteiger charge is -2.40. The van der Waals surface area contributed by atoms with Crippen molar-refractivity contribution in [1.82, 2.24) is 14.8 Å². The van der Waals surface area contributed by atoms with Crippen LogP contribution in [0, 0.1) is 0 Å². The molecule has 2 aromatic rings. The van der Waals surface area contributed by atoms with E-state index in [1.54, 1.807) is 29.4 Å². The predicted molar refractivity (Wildman–Crippen MR) is 94.8 cm³/mol. The lowest BCUT2D eigenvalue weighted by molar-refractivity contribution is -0.124. The number of hydrogen-bond donors (Lipinski definition) is 1. The van der Waals surface area contributed by atoms with Gasteiger partial charge >= 0.3 is 0 Å². The van der Waals surface area contributed by atoms with Gasteiger partial charge < -0.3 is 10.6 Å². The highest BCUT2D eigenvalue weighted by molar-refractivity contribution is 5.97. The van der Waals surface area contributed by atoms with E-state index in [1.807, 2.05) is 18.2 Å². The summed E-state index contributed by atoms with van der Waals surface area (Å²) < 4.78 is 0. The van der Waals surface area contributed by atoms with Gasteiger partial charge in [0, 0.05) is 44.1 Å². The van der Waals surface area contributed by atoms with Gasteiger partial charge in [-0.3, -0.25) is 19.5 Å². The van der Waals surface area contributed by atoms with Crippen molar-refractivity contribution in [1.29, 1.82) is 0 Å². The molecule has 0 unspecified atom stereocenters. The Morgan fingerprint density at radius 1 is 1.08 bits per heavy atom. The molecule has 1 saturated heterocycles. The summed E-state index contributed by atoms with van der Waals surface area (Å²) in [5.74, 6) is -0.638. The van der Waals surface area contributed by atoms with Gasteiger partial charge in [0.05, 0.1) is 0 Å². The average Bonchev–Trinajstić information content (AvgIpc) is 2.67. The molecule has 0 bridgehead atoms. The Balaban J connectivity index is 1.64. The number of nitrogens with zero attached hydrogens (tertiary/aromatic N) is 3. The maximum atomic E-state index is 12.7. The second-order valence-electron chi connectivity index (χ2n) is 6.19. The summed E-state index contributed by atoms with van der Waals surface area (Å²) in [6.45, 7) is 2.53. The van der Waals surface area contributed by atoms with Crippen molar-refractivity contribution in [2.24, 2.45) is 5.73 Å². The fourth-order valence-electron chi connectivity index (χ4n) is 3.12. The Morgan fingerprint density at radius 2 is 1.80 bits per heavy atom. The van der Waals surface area contributed by atoms with Crippen LogP contribution in [0.4, 0.5) is 0 Å².